The second-order valence-corrected chi connectivity index (χ2v) is 7.25. The number of benzene rings is 2. The number of hydrogen-bond donors (Lipinski definition) is 0. The number of nitrogens with zero attached hydrogens (tertiary/aromatic N) is 3. The average molecular weight is 356 g/mol. The van der Waals surface area contributed by atoms with E-state index < -0.39 is 0 Å². The van der Waals surface area contributed by atoms with Gasteiger partial charge in [0.15, 0.2) is 5.17 Å². The highest BCUT2D eigenvalue weighted by molar-refractivity contribution is 8.14. The number of aliphatic imine (C=N–C) groups is 1. The molecule has 1 heterocycles. The van der Waals surface area contributed by atoms with Crippen molar-refractivity contribution < 1.29 is 4.79 Å². The Bertz CT molecular complexity index is 842. The maximum atomic E-state index is 12.8. The van der Waals surface area contributed by atoms with E-state index in [-0.39, 0.29) is 11.2 Å². The molecule has 0 spiro atoms. The lowest BCUT2D eigenvalue weighted by Gasteiger charge is -2.16. The summed E-state index contributed by atoms with van der Waals surface area (Å²) >= 11 is 7.46. The molecule has 0 unspecified atom stereocenters. The van der Waals surface area contributed by atoms with Gasteiger partial charge < -0.3 is 0 Å². The SMILES string of the molecule is C[C@H]1CN(C(=O)c2cccc(C#N)c2)C(=Nc2ccc(Cl)cc2)S1. The second kappa shape index (κ2) is 7.08. The van der Waals surface area contributed by atoms with Crippen molar-refractivity contribution in [3.63, 3.8) is 0 Å². The zero-order valence-corrected chi connectivity index (χ0v) is 14.5. The molecule has 2 aromatic rings. The summed E-state index contributed by atoms with van der Waals surface area (Å²) in [7, 11) is 0. The molecule has 24 heavy (non-hydrogen) atoms. The van der Waals surface area contributed by atoms with E-state index in [1.54, 1.807) is 53.1 Å². The first-order chi connectivity index (χ1) is 11.6. The second-order valence-electron chi connectivity index (χ2n) is 5.41. The topological polar surface area (TPSA) is 56.5 Å². The standard InChI is InChI=1S/C18H14ClN3OS/c1-12-11-22(17(23)14-4-2-3-13(9-14)10-20)18(24-12)21-16-7-5-15(19)6-8-16/h2-9,12H,11H2,1H3/t12-/m0/s1. The van der Waals surface area contributed by atoms with Crippen LogP contribution in [0, 0.1) is 11.3 Å². The van der Waals surface area contributed by atoms with Gasteiger partial charge in [-0.05, 0) is 42.5 Å². The van der Waals surface area contributed by atoms with Crippen molar-refractivity contribution in [1.29, 1.82) is 5.26 Å². The van der Waals surface area contributed by atoms with Crippen LogP contribution >= 0.6 is 23.4 Å². The summed E-state index contributed by atoms with van der Waals surface area (Å²) in [4.78, 5) is 19.1. The number of hydrogen-bond acceptors (Lipinski definition) is 4. The van der Waals surface area contributed by atoms with E-state index >= 15 is 0 Å². The van der Waals surface area contributed by atoms with Gasteiger partial charge in [0.2, 0.25) is 0 Å². The van der Waals surface area contributed by atoms with E-state index in [0.717, 1.165) is 5.69 Å². The fraction of sp³-hybridized carbons (Fsp3) is 0.167. The van der Waals surface area contributed by atoms with Gasteiger partial charge in [-0.3, -0.25) is 9.69 Å². The molecule has 0 radical (unpaired) electrons. The molecule has 1 saturated heterocycles. The van der Waals surface area contributed by atoms with Crippen molar-refractivity contribution in [2.75, 3.05) is 6.54 Å². The van der Waals surface area contributed by atoms with Gasteiger partial charge in [0.1, 0.15) is 0 Å². The van der Waals surface area contributed by atoms with Crippen molar-refractivity contribution >= 4 is 40.1 Å². The lowest BCUT2D eigenvalue weighted by molar-refractivity contribution is 0.0855. The first-order valence-electron chi connectivity index (χ1n) is 7.40. The maximum Gasteiger partial charge on any atom is 0.259 e. The highest BCUT2D eigenvalue weighted by atomic mass is 35.5. The van der Waals surface area contributed by atoms with Gasteiger partial charge in [-0.1, -0.05) is 36.4 Å². The fourth-order valence-corrected chi connectivity index (χ4v) is 3.53. The van der Waals surface area contributed by atoms with Crippen LogP contribution in [0.25, 0.3) is 0 Å². The molecule has 1 amide bonds. The van der Waals surface area contributed by atoms with Crippen molar-refractivity contribution in [2.24, 2.45) is 4.99 Å². The summed E-state index contributed by atoms with van der Waals surface area (Å²) in [6.07, 6.45) is 0. The zero-order valence-electron chi connectivity index (χ0n) is 12.9. The van der Waals surface area contributed by atoms with E-state index in [1.807, 2.05) is 12.1 Å². The highest BCUT2D eigenvalue weighted by Gasteiger charge is 2.31. The smallest absolute Gasteiger partial charge is 0.259 e. The summed E-state index contributed by atoms with van der Waals surface area (Å²) in [5.74, 6) is -0.142. The van der Waals surface area contributed by atoms with Crippen LogP contribution in [0.4, 0.5) is 5.69 Å². The van der Waals surface area contributed by atoms with E-state index in [2.05, 4.69) is 18.0 Å². The Morgan fingerprint density at radius 2 is 2.08 bits per heavy atom. The molecule has 1 aliphatic rings. The zero-order chi connectivity index (χ0) is 17.1. The first kappa shape index (κ1) is 16.6. The number of carbonyl (C=O) groups is 1. The van der Waals surface area contributed by atoms with Crippen molar-refractivity contribution in [3.8, 4) is 6.07 Å². The van der Waals surface area contributed by atoms with Crippen LogP contribution in [-0.4, -0.2) is 27.8 Å². The molecule has 0 aliphatic carbocycles. The highest BCUT2D eigenvalue weighted by Crippen LogP contribution is 2.30. The molecule has 1 fully saturated rings. The van der Waals surface area contributed by atoms with Crippen LogP contribution in [0.2, 0.25) is 5.02 Å². The number of rotatable bonds is 2. The van der Waals surface area contributed by atoms with Crippen LogP contribution in [0.5, 0.6) is 0 Å². The van der Waals surface area contributed by atoms with Crippen LogP contribution in [0.15, 0.2) is 53.5 Å². The number of carbonyl (C=O) groups excluding carboxylic acids is 1. The van der Waals surface area contributed by atoms with Gasteiger partial charge >= 0.3 is 0 Å². The number of thioether (sulfide) groups is 1. The predicted molar refractivity (Wildman–Crippen MR) is 97.8 cm³/mol. The number of halogens is 1. The van der Waals surface area contributed by atoms with E-state index in [1.165, 1.54) is 0 Å². The average Bonchev–Trinajstić information content (AvgIpc) is 2.96. The molecule has 120 valence electrons. The Kier molecular flexibility index (Phi) is 4.89. The third kappa shape index (κ3) is 3.61. The molecular formula is C18H14ClN3OS. The maximum absolute atomic E-state index is 12.8. The minimum atomic E-state index is -0.142. The van der Waals surface area contributed by atoms with Crippen molar-refractivity contribution in [3.05, 3.63) is 64.7 Å². The number of amides is 1. The summed E-state index contributed by atoms with van der Waals surface area (Å²) in [5.41, 5.74) is 1.71. The summed E-state index contributed by atoms with van der Waals surface area (Å²) in [6, 6.07) is 16.0. The normalized spacial score (nSPS) is 18.6. The Morgan fingerprint density at radius 3 is 2.79 bits per heavy atom. The predicted octanol–water partition coefficient (Wildman–Crippen LogP) is 4.48. The van der Waals surface area contributed by atoms with E-state index in [9.17, 15) is 4.79 Å². The van der Waals surface area contributed by atoms with Gasteiger partial charge in [-0.15, -0.1) is 0 Å². The van der Waals surface area contributed by atoms with Crippen LogP contribution in [0.3, 0.4) is 0 Å². The molecule has 3 rings (SSSR count). The molecule has 1 atom stereocenters. The lowest BCUT2D eigenvalue weighted by Crippen LogP contribution is -2.32. The first-order valence-corrected chi connectivity index (χ1v) is 8.65. The molecule has 0 aromatic heterocycles. The lowest BCUT2D eigenvalue weighted by atomic mass is 10.1. The van der Waals surface area contributed by atoms with Crippen molar-refractivity contribution in [1.82, 2.24) is 4.90 Å². The quantitative estimate of drug-likeness (QED) is 0.798. The molecule has 0 bridgehead atoms. The van der Waals surface area contributed by atoms with Crippen LogP contribution in [0.1, 0.15) is 22.8 Å². The van der Waals surface area contributed by atoms with Gasteiger partial charge in [0.25, 0.3) is 5.91 Å². The Hall–Kier alpha value is -2.29. The van der Waals surface area contributed by atoms with E-state index in [4.69, 9.17) is 16.9 Å². The Morgan fingerprint density at radius 1 is 1.33 bits per heavy atom. The molecule has 0 saturated carbocycles. The van der Waals surface area contributed by atoms with Gasteiger partial charge in [0.05, 0.1) is 17.3 Å². The summed E-state index contributed by atoms with van der Waals surface area (Å²) in [5, 5.41) is 10.6. The molecule has 0 N–H and O–H groups in total. The third-order valence-electron chi connectivity index (χ3n) is 3.51. The monoisotopic (exact) mass is 355 g/mol. The number of nitriles is 1. The Labute approximate surface area is 149 Å². The van der Waals surface area contributed by atoms with Crippen LogP contribution in [-0.2, 0) is 0 Å². The fourth-order valence-electron chi connectivity index (χ4n) is 2.38. The van der Waals surface area contributed by atoms with Gasteiger partial charge in [0, 0.05) is 22.4 Å². The van der Waals surface area contributed by atoms with E-state index in [0.29, 0.717) is 27.9 Å². The third-order valence-corrected chi connectivity index (χ3v) is 4.84. The minimum Gasteiger partial charge on any atom is -0.286 e. The van der Waals surface area contributed by atoms with Crippen LogP contribution < -0.4 is 0 Å². The molecular weight excluding hydrogens is 342 g/mol. The molecule has 6 heteroatoms. The molecule has 4 nitrogen and oxygen atoms in total. The minimum absolute atomic E-state index is 0.142. The summed E-state index contributed by atoms with van der Waals surface area (Å²) in [6.45, 7) is 2.65. The summed E-state index contributed by atoms with van der Waals surface area (Å²) < 4.78 is 0. The molecule has 2 aromatic carbocycles. The van der Waals surface area contributed by atoms with Gasteiger partial charge in [-0.2, -0.15) is 5.26 Å². The molecule has 1 aliphatic heterocycles. The number of amidine groups is 1. The van der Waals surface area contributed by atoms with Gasteiger partial charge in [-0.25, -0.2) is 4.99 Å². The van der Waals surface area contributed by atoms with Crippen molar-refractivity contribution in [2.45, 2.75) is 12.2 Å². The Balaban J connectivity index is 1.91. The largest absolute Gasteiger partial charge is 0.286 e.